The van der Waals surface area contributed by atoms with Crippen LogP contribution in [0.3, 0.4) is 0 Å². The van der Waals surface area contributed by atoms with E-state index in [-0.39, 0.29) is 38.6 Å². The summed E-state index contributed by atoms with van der Waals surface area (Å²) in [4.78, 5) is 0. The molecule has 0 aliphatic rings. The third-order valence-electron chi connectivity index (χ3n) is 0.250. The van der Waals surface area contributed by atoms with Gasteiger partial charge in [-0.1, -0.05) is 0 Å². The average molecular weight is 370 g/mol. The van der Waals surface area contributed by atoms with E-state index in [1.807, 2.05) is 0 Å². The Balaban J connectivity index is -0.0000000389. The summed E-state index contributed by atoms with van der Waals surface area (Å²) in [6.07, 6.45) is 0. The Kier molecular flexibility index (Phi) is 80.5. The third kappa shape index (κ3) is 160. The fraction of sp³-hybridized carbons (Fsp3) is 1.00. The first-order valence-electron chi connectivity index (χ1n) is 2.72. The quantitative estimate of drug-likeness (QED) is 0.614. The molecular formula is C4H12ClN4O2Re-5. The van der Waals surface area contributed by atoms with Gasteiger partial charge in [-0.25, -0.2) is 0 Å². The normalized spacial score (nSPS) is 6.00. The molecule has 0 amide bonds. The van der Waals surface area contributed by atoms with Gasteiger partial charge < -0.3 is 35.3 Å². The van der Waals surface area contributed by atoms with E-state index in [2.05, 4.69) is 0 Å². The van der Waals surface area contributed by atoms with E-state index in [0.29, 0.717) is 0 Å². The molecule has 79 valence electrons. The summed E-state index contributed by atoms with van der Waals surface area (Å²) in [7, 11) is 0. The predicted molar refractivity (Wildman–Crippen MR) is 38.1 cm³/mol. The zero-order valence-electron chi connectivity index (χ0n) is 6.40. The van der Waals surface area contributed by atoms with Crippen LogP contribution >= 0.6 is 0 Å². The molecule has 8 heteroatoms. The van der Waals surface area contributed by atoms with Crippen molar-refractivity contribution in [2.24, 2.45) is 0 Å². The van der Waals surface area contributed by atoms with Crippen molar-refractivity contribution in [1.82, 2.24) is 0 Å². The Bertz CT molecular complexity index is 73.5. The van der Waals surface area contributed by atoms with Crippen LogP contribution in [0.15, 0.2) is 0 Å². The Morgan fingerprint density at radius 2 is 0.833 bits per heavy atom. The number of halogens is 1. The molecule has 0 saturated carbocycles. The van der Waals surface area contributed by atoms with Crippen LogP contribution in [-0.2, 0) is 24.8 Å². The van der Waals surface area contributed by atoms with Gasteiger partial charge in [-0.05, 0) is 0 Å². The first kappa shape index (κ1) is 22.8. The Hall–Kier alpha value is 0.392. The molecule has 0 heterocycles. The predicted octanol–water partition coefficient (Wildman–Crippen LogP) is -1.05. The second-order valence-corrected chi connectivity index (χ2v) is 1.52. The van der Waals surface area contributed by atoms with Gasteiger partial charge in [0.1, 0.15) is 0 Å². The van der Waals surface area contributed by atoms with Gasteiger partial charge in [0, 0.05) is 0 Å². The topological polar surface area (TPSA) is 129 Å². The first-order valence-corrected chi connectivity index (χ1v) is 4.94. The van der Waals surface area contributed by atoms with Gasteiger partial charge in [0.15, 0.2) is 0 Å². The molecule has 0 aromatic heterocycles. The molecule has 0 fully saturated rings. The van der Waals surface area contributed by atoms with E-state index in [1.165, 1.54) is 0 Å². The van der Waals surface area contributed by atoms with Gasteiger partial charge in [0.05, 0.1) is 0 Å². The van der Waals surface area contributed by atoms with E-state index in [4.69, 9.17) is 29.9 Å². The van der Waals surface area contributed by atoms with E-state index in [0.717, 1.165) is 0 Å². The van der Waals surface area contributed by atoms with Crippen molar-refractivity contribution in [3.63, 3.8) is 0 Å². The van der Waals surface area contributed by atoms with Crippen LogP contribution in [0.5, 0.6) is 0 Å². The van der Waals surface area contributed by atoms with E-state index in [9.17, 15) is 0 Å². The first-order chi connectivity index (χ1) is 5.24. The molecule has 0 aliphatic carbocycles. The van der Waals surface area contributed by atoms with Crippen molar-refractivity contribution in [3.05, 3.63) is 22.9 Å². The van der Waals surface area contributed by atoms with Crippen LogP contribution in [0, 0.1) is 0 Å². The summed E-state index contributed by atoms with van der Waals surface area (Å²) in [5.74, 6) is 0. The second kappa shape index (κ2) is 42.3. The van der Waals surface area contributed by atoms with Gasteiger partial charge >= 0.3 is 24.8 Å². The minimum atomic E-state index is -2.17. The zero-order chi connectivity index (χ0) is 9.54. The molecule has 0 aromatic carbocycles. The Morgan fingerprint density at radius 1 is 0.750 bits per heavy atom. The molecule has 0 saturated heterocycles. The molecule has 0 spiro atoms. The van der Waals surface area contributed by atoms with Crippen LogP contribution in [0.4, 0.5) is 0 Å². The Morgan fingerprint density at radius 3 is 0.833 bits per heavy atom. The molecule has 12 heavy (non-hydrogen) atoms. The number of nitrogens with one attached hydrogen (secondary N) is 4. The van der Waals surface area contributed by atoms with Crippen molar-refractivity contribution < 1.29 is 37.2 Å². The van der Waals surface area contributed by atoms with Gasteiger partial charge in [0.25, 0.3) is 0 Å². The Labute approximate surface area is 86.6 Å². The third-order valence-corrected chi connectivity index (χ3v) is 0.250. The molecule has 0 aromatic rings. The van der Waals surface area contributed by atoms with Crippen molar-refractivity contribution >= 4 is 0 Å². The molecule has 0 atom stereocenters. The van der Waals surface area contributed by atoms with Gasteiger partial charge in [-0.2, -0.15) is 26.2 Å². The summed E-state index contributed by atoms with van der Waals surface area (Å²) in [6.45, 7) is 0.944. The van der Waals surface area contributed by atoms with Crippen molar-refractivity contribution in [2.75, 3.05) is 26.2 Å². The van der Waals surface area contributed by atoms with Crippen LogP contribution in [0.1, 0.15) is 0 Å². The van der Waals surface area contributed by atoms with Gasteiger partial charge in [-0.15, -0.1) is 0 Å². The second-order valence-electron chi connectivity index (χ2n) is 1.06. The van der Waals surface area contributed by atoms with Crippen molar-refractivity contribution in [3.8, 4) is 0 Å². The van der Waals surface area contributed by atoms with E-state index < -0.39 is 17.9 Å². The summed E-state index contributed by atoms with van der Waals surface area (Å²) >= 11 is -2.17. The monoisotopic (exact) mass is 370 g/mol. The molecule has 0 rings (SSSR count). The molecule has 0 bridgehead atoms. The molecule has 6 nitrogen and oxygen atoms in total. The zero-order valence-corrected chi connectivity index (χ0v) is 9.87. The number of rotatable bonds is 2. The summed E-state index contributed by atoms with van der Waals surface area (Å²) in [5.41, 5.74) is 25.1. The van der Waals surface area contributed by atoms with Crippen molar-refractivity contribution in [1.29, 1.82) is 0 Å². The number of hydrogen-bond acceptors (Lipinski definition) is 2. The molecular weight excluding hydrogens is 358 g/mol. The molecule has 0 unspecified atom stereocenters. The van der Waals surface area contributed by atoms with Gasteiger partial charge in [0.2, 0.25) is 0 Å². The molecule has 0 radical (unpaired) electrons. The van der Waals surface area contributed by atoms with Gasteiger partial charge in [-0.3, -0.25) is 0 Å². The summed E-state index contributed by atoms with van der Waals surface area (Å²) < 4.78 is 17.1. The van der Waals surface area contributed by atoms with E-state index >= 15 is 0 Å². The van der Waals surface area contributed by atoms with Crippen LogP contribution < -0.4 is 12.4 Å². The van der Waals surface area contributed by atoms with Crippen LogP contribution in [-0.4, -0.2) is 26.2 Å². The SMILES string of the molecule is [Cl-].[NH-]CC[NH-].[NH-]CC[NH-].[O]=[Re]=[O]. The van der Waals surface area contributed by atoms with Crippen LogP contribution in [0.25, 0.3) is 22.9 Å². The minimum absolute atomic E-state index is 0. The van der Waals surface area contributed by atoms with Crippen LogP contribution in [0.2, 0.25) is 0 Å². The molecule has 0 aliphatic heterocycles. The summed E-state index contributed by atoms with van der Waals surface area (Å²) in [5, 5.41) is 0. The fourth-order valence-electron chi connectivity index (χ4n) is 0. The fourth-order valence-corrected chi connectivity index (χ4v) is 0. The number of hydrogen-bond donors (Lipinski definition) is 0. The molecule has 4 N–H and O–H groups in total. The van der Waals surface area contributed by atoms with Crippen molar-refractivity contribution in [2.45, 2.75) is 0 Å². The summed E-state index contributed by atoms with van der Waals surface area (Å²) in [6, 6.07) is 0. The maximum absolute atomic E-state index is 8.53. The standard InChI is InChI=1S/2C2H6N2.ClH.2O.Re/c2*3-1-2-4;;;;/h2*3-4H,1-2H2;1H;;;/q2*-2;;;;/p-1. The maximum atomic E-state index is 8.53. The average Bonchev–Trinajstić information content (AvgIpc) is 2.06. The van der Waals surface area contributed by atoms with E-state index in [1.54, 1.807) is 0 Å².